The van der Waals surface area contributed by atoms with Crippen molar-refractivity contribution in [3.05, 3.63) is 97.1 Å². The zero-order valence-electron chi connectivity index (χ0n) is 30.8. The number of halogens is 24. The second-order valence-corrected chi connectivity index (χ2v) is 17.4. The van der Waals surface area contributed by atoms with Gasteiger partial charge in [0.2, 0.25) is 0 Å². The molecule has 4 aromatic carbocycles. The molecule has 0 fully saturated rings. The molecule has 0 aromatic heterocycles. The summed E-state index contributed by atoms with van der Waals surface area (Å²) in [5.41, 5.74) is 0. The van der Waals surface area contributed by atoms with Gasteiger partial charge in [-0.25, -0.2) is 35.1 Å². The summed E-state index contributed by atoms with van der Waals surface area (Å²) in [6.45, 7) is 0. The fourth-order valence-electron chi connectivity index (χ4n) is 6.06. The lowest BCUT2D eigenvalue weighted by atomic mass is 10.3. The van der Waals surface area contributed by atoms with Gasteiger partial charge in [-0.2, -0.15) is 87.9 Å². The van der Waals surface area contributed by atoms with E-state index >= 15 is 35.1 Å². The Hall–Kier alpha value is -5.07. The van der Waals surface area contributed by atoms with Crippen molar-refractivity contribution in [2.24, 2.45) is 0 Å². The van der Waals surface area contributed by atoms with Gasteiger partial charge in [-0.1, -0.05) is 48.5 Å². The highest BCUT2D eigenvalue weighted by atomic mass is 27.2. The van der Waals surface area contributed by atoms with Crippen LogP contribution in [-0.4, -0.2) is 86.9 Å². The van der Waals surface area contributed by atoms with Crippen molar-refractivity contribution in [3.63, 3.8) is 0 Å². The fraction of sp³-hybridized carbons (Fsp3) is 0.333. The highest BCUT2D eigenvalue weighted by molar-refractivity contribution is 7.21. The molecule has 0 N–H and O–H groups in total. The lowest BCUT2D eigenvalue weighted by molar-refractivity contribution is -0.342. The Morgan fingerprint density at radius 2 is 0.431 bits per heavy atom. The van der Waals surface area contributed by atoms with Gasteiger partial charge < -0.3 is 18.9 Å². The average Bonchev–Trinajstić information content (AvgIpc) is 3.19. The number of alkyl halides is 24. The van der Waals surface area contributed by atoms with Crippen molar-refractivity contribution in [2.45, 2.75) is 73.8 Å². The molecule has 0 aliphatic carbocycles. The smallest absolute Gasteiger partial charge is 0.432 e. The van der Waals surface area contributed by atoms with Gasteiger partial charge in [0.15, 0.2) is 0 Å². The van der Waals surface area contributed by atoms with E-state index in [9.17, 15) is 70.2 Å². The first kappa shape index (κ1) is 52.6. The first-order valence-electron chi connectivity index (χ1n) is 17.0. The number of para-hydroxylation sites is 4. The molecule has 0 aliphatic rings. The van der Waals surface area contributed by atoms with E-state index in [4.69, 9.17) is 0 Å². The lowest BCUT2D eigenvalue weighted by Crippen LogP contribution is -2.76. The predicted molar refractivity (Wildman–Crippen MR) is 176 cm³/mol. The maximum atomic E-state index is 15.2. The van der Waals surface area contributed by atoms with Gasteiger partial charge in [-0.15, -0.1) is 24.3 Å². The van der Waals surface area contributed by atoms with Crippen LogP contribution in [0.15, 0.2) is 97.1 Å². The van der Waals surface area contributed by atoms with E-state index in [2.05, 4.69) is 18.9 Å². The quantitative estimate of drug-likeness (QED) is 0.0653. The minimum Gasteiger partial charge on any atom is -0.432 e. The second-order valence-electron chi connectivity index (χ2n) is 13.2. The van der Waals surface area contributed by atoms with E-state index in [1.807, 2.05) is 0 Å². The van der Waals surface area contributed by atoms with Crippen molar-refractivity contribution >= 4 is 30.8 Å². The Morgan fingerprint density at radius 3 is 0.585 bits per heavy atom. The Kier molecular flexibility index (Phi) is 14.5. The van der Waals surface area contributed by atoms with Crippen molar-refractivity contribution < 1.29 is 124 Å². The summed E-state index contributed by atoms with van der Waals surface area (Å²) in [5.74, 6) is -34.7. The van der Waals surface area contributed by atoms with Crippen LogP contribution >= 0.6 is 0 Å². The van der Waals surface area contributed by atoms with Crippen LogP contribution in [0.4, 0.5) is 105 Å². The summed E-state index contributed by atoms with van der Waals surface area (Å²) in [7, 11) is 0. The van der Waals surface area contributed by atoms with Crippen LogP contribution in [0.5, 0.6) is 23.0 Å². The number of hydrogen-bond donors (Lipinski definition) is 0. The van der Waals surface area contributed by atoms with Crippen LogP contribution in [0.1, 0.15) is 0 Å². The summed E-state index contributed by atoms with van der Waals surface area (Å²) in [5, 5.41) is 0. The molecule has 0 unspecified atom stereocenters. The topological polar surface area (TPSA) is 36.9 Å². The second kappa shape index (κ2) is 18.0. The maximum absolute atomic E-state index is 15.2. The number of ether oxygens (including phenoxy) is 4. The van der Waals surface area contributed by atoms with Crippen LogP contribution in [0.2, 0.25) is 0 Å². The van der Waals surface area contributed by atoms with Gasteiger partial charge in [0.25, 0.3) is 13.1 Å². The molecule has 0 saturated heterocycles. The summed E-state index contributed by atoms with van der Waals surface area (Å²) in [6.07, 6.45) is -47.7. The minimum atomic E-state index is -7.30. The standard InChI is InChI=1S/4C9H5F6O.Al/c4*10-7(11)8(12,13)9(14,15)16-6-4-2-1-3-5-6;/h4*1-4,7H;/q;;;;-1. The number of benzene rings is 4. The van der Waals surface area contributed by atoms with Gasteiger partial charge in [0, 0.05) is 0 Å². The first-order valence-corrected chi connectivity index (χ1v) is 19.3. The van der Waals surface area contributed by atoms with Gasteiger partial charge in [-0.3, -0.25) is 0 Å². The molecular weight excluding hydrogens is 979 g/mol. The van der Waals surface area contributed by atoms with E-state index in [0.29, 0.717) is 48.5 Å². The van der Waals surface area contributed by atoms with E-state index in [-0.39, 0.29) is 48.5 Å². The SMILES string of the molecule is FC(F)C(F)(F)C(F)(F)Oc1cccc[c]1[Al-]([c]1ccccc1OC(F)(F)C(F)(F)C(F)F)([c]1ccccc1OC(F)(F)C(F)(F)C(F)F)[c]1ccccc1OC(F)(F)C(F)(F)C(F)F. The number of hydrogen-bond acceptors (Lipinski definition) is 4. The first-order chi connectivity index (χ1) is 29.6. The van der Waals surface area contributed by atoms with Crippen molar-refractivity contribution in [1.82, 2.24) is 0 Å². The molecule has 0 heterocycles. The van der Waals surface area contributed by atoms with E-state index in [0.717, 1.165) is 0 Å². The molecule has 0 aliphatic heterocycles. The molecule has 29 heteroatoms. The monoisotopic (exact) mass is 999 g/mol. The van der Waals surface area contributed by atoms with Gasteiger partial charge >= 0.3 is 73.8 Å². The Labute approximate surface area is 348 Å². The van der Waals surface area contributed by atoms with E-state index < -0.39 is 128 Å². The fourth-order valence-corrected chi connectivity index (χ4v) is 12.0. The predicted octanol–water partition coefficient (Wildman–Crippen LogP) is 10.6. The molecule has 65 heavy (non-hydrogen) atoms. The molecule has 4 nitrogen and oxygen atoms in total. The zero-order valence-corrected chi connectivity index (χ0v) is 32.0. The molecular formula is C36H20AlF24O4-. The van der Waals surface area contributed by atoms with Crippen molar-refractivity contribution in [3.8, 4) is 23.0 Å². The molecule has 4 aromatic rings. The normalized spacial score (nSPS) is 14.1. The van der Waals surface area contributed by atoms with E-state index in [1.54, 1.807) is 0 Å². The van der Waals surface area contributed by atoms with Crippen LogP contribution in [-0.2, 0) is 0 Å². The molecule has 0 bridgehead atoms. The highest BCUT2D eigenvalue weighted by Gasteiger charge is 2.69. The van der Waals surface area contributed by atoms with Crippen LogP contribution in [0.3, 0.4) is 0 Å². The molecule has 360 valence electrons. The molecule has 0 radical (unpaired) electrons. The summed E-state index contributed by atoms with van der Waals surface area (Å²) in [4.78, 5) is 0. The van der Waals surface area contributed by atoms with Crippen molar-refractivity contribution in [2.75, 3.05) is 0 Å². The molecule has 4 rings (SSSR count). The third kappa shape index (κ3) is 9.35. The van der Waals surface area contributed by atoms with Crippen molar-refractivity contribution in [1.29, 1.82) is 0 Å². The third-order valence-electron chi connectivity index (χ3n) is 9.14. The van der Waals surface area contributed by atoms with Crippen LogP contribution < -0.4 is 36.6 Å². The maximum Gasteiger partial charge on any atom is 0.470 e. The van der Waals surface area contributed by atoms with E-state index in [1.165, 1.54) is 0 Å². The molecule has 0 amide bonds. The van der Waals surface area contributed by atoms with Gasteiger partial charge in [0.1, 0.15) is 0 Å². The average molecular weight is 999 g/mol. The van der Waals surface area contributed by atoms with Gasteiger partial charge in [0.05, 0.1) is 23.0 Å². The Bertz CT molecular complexity index is 1960. The number of rotatable bonds is 20. The summed E-state index contributed by atoms with van der Waals surface area (Å²) >= 11 is -7.30. The largest absolute Gasteiger partial charge is 0.470 e. The minimum absolute atomic E-state index is 0.0363. The summed E-state index contributed by atoms with van der Waals surface area (Å²) in [6, 6.07) is 4.81. The lowest BCUT2D eigenvalue weighted by Gasteiger charge is -2.45. The molecule has 0 spiro atoms. The summed E-state index contributed by atoms with van der Waals surface area (Å²) < 4.78 is 352. The molecule has 0 atom stereocenters. The Balaban J connectivity index is 2.41. The van der Waals surface area contributed by atoms with Crippen LogP contribution in [0.25, 0.3) is 0 Å². The zero-order chi connectivity index (χ0) is 49.6. The highest BCUT2D eigenvalue weighted by Crippen LogP contribution is 2.45. The third-order valence-corrected chi connectivity index (χ3v) is 14.8. The Morgan fingerprint density at radius 1 is 0.277 bits per heavy atom. The van der Waals surface area contributed by atoms with Gasteiger partial charge in [-0.05, 0) is 24.3 Å². The van der Waals surface area contributed by atoms with Crippen LogP contribution in [0, 0.1) is 0 Å². The molecule has 0 saturated carbocycles.